The van der Waals surface area contributed by atoms with Crippen LogP contribution in [0.4, 0.5) is 5.69 Å². The Balaban J connectivity index is 1.80. The third-order valence-electron chi connectivity index (χ3n) is 3.39. The van der Waals surface area contributed by atoms with E-state index in [1.54, 1.807) is 0 Å². The molecule has 0 aromatic heterocycles. The molecular weight excluding hydrogens is 242 g/mol. The van der Waals surface area contributed by atoms with Crippen LogP contribution in [0.15, 0.2) is 29.2 Å². The number of carbonyl (C=O) groups is 1. The molecule has 98 valence electrons. The average Bonchev–Trinajstić information content (AvgIpc) is 2.38. The van der Waals surface area contributed by atoms with Gasteiger partial charge in [-0.3, -0.25) is 4.79 Å². The van der Waals surface area contributed by atoms with E-state index in [-0.39, 0.29) is 5.91 Å². The Bertz CT molecular complexity index is 382. The molecule has 1 aromatic carbocycles. The van der Waals surface area contributed by atoms with Crippen LogP contribution in [0.1, 0.15) is 39.0 Å². The minimum Gasteiger partial charge on any atom is -0.326 e. The van der Waals surface area contributed by atoms with Crippen LogP contribution in [-0.2, 0) is 4.79 Å². The summed E-state index contributed by atoms with van der Waals surface area (Å²) in [5.74, 6) is 2.12. The van der Waals surface area contributed by atoms with Gasteiger partial charge in [0.25, 0.3) is 0 Å². The lowest BCUT2D eigenvalue weighted by Crippen LogP contribution is -2.08. The fourth-order valence-electron chi connectivity index (χ4n) is 2.41. The van der Waals surface area contributed by atoms with Gasteiger partial charge in [-0.05, 0) is 43.0 Å². The Kier molecular flexibility index (Phi) is 5.12. The summed E-state index contributed by atoms with van der Waals surface area (Å²) in [7, 11) is 0. The van der Waals surface area contributed by atoms with E-state index in [4.69, 9.17) is 0 Å². The van der Waals surface area contributed by atoms with E-state index in [9.17, 15) is 4.79 Å². The van der Waals surface area contributed by atoms with Gasteiger partial charge in [-0.1, -0.05) is 19.3 Å². The second-order valence-electron chi connectivity index (χ2n) is 5.02. The van der Waals surface area contributed by atoms with Crippen molar-refractivity contribution >= 4 is 23.4 Å². The first-order valence-electron chi connectivity index (χ1n) is 6.74. The first-order valence-corrected chi connectivity index (χ1v) is 7.73. The Hall–Kier alpha value is -0.960. The van der Waals surface area contributed by atoms with E-state index in [0.717, 1.165) is 11.6 Å². The third-order valence-corrected chi connectivity index (χ3v) is 4.63. The molecule has 1 amide bonds. The fourth-order valence-corrected chi connectivity index (χ4v) is 3.50. The number of amides is 1. The zero-order valence-electron chi connectivity index (χ0n) is 10.9. The highest BCUT2D eigenvalue weighted by molar-refractivity contribution is 7.99. The topological polar surface area (TPSA) is 29.1 Å². The predicted molar refractivity (Wildman–Crippen MR) is 78.0 cm³/mol. The van der Waals surface area contributed by atoms with Gasteiger partial charge in [0, 0.05) is 23.3 Å². The smallest absolute Gasteiger partial charge is 0.221 e. The Morgan fingerprint density at radius 3 is 2.50 bits per heavy atom. The first kappa shape index (κ1) is 13.5. The summed E-state index contributed by atoms with van der Waals surface area (Å²) in [5, 5.41) is 2.79. The van der Waals surface area contributed by atoms with Gasteiger partial charge in [-0.25, -0.2) is 0 Å². The maximum absolute atomic E-state index is 10.9. The minimum atomic E-state index is -0.0161. The van der Waals surface area contributed by atoms with E-state index in [1.807, 2.05) is 23.9 Å². The molecule has 0 radical (unpaired) electrons. The summed E-state index contributed by atoms with van der Waals surface area (Å²) < 4.78 is 0. The summed E-state index contributed by atoms with van der Waals surface area (Å²) in [4.78, 5) is 12.2. The van der Waals surface area contributed by atoms with Crippen LogP contribution in [0, 0.1) is 5.92 Å². The van der Waals surface area contributed by atoms with Crippen LogP contribution in [0.2, 0.25) is 0 Å². The van der Waals surface area contributed by atoms with Crippen LogP contribution < -0.4 is 5.32 Å². The Labute approximate surface area is 114 Å². The minimum absolute atomic E-state index is 0.0161. The number of hydrogen-bond acceptors (Lipinski definition) is 2. The second-order valence-corrected chi connectivity index (χ2v) is 6.11. The van der Waals surface area contributed by atoms with Crippen LogP contribution >= 0.6 is 11.8 Å². The normalized spacial score (nSPS) is 16.5. The molecule has 0 saturated heterocycles. The lowest BCUT2D eigenvalue weighted by Gasteiger charge is -2.20. The molecule has 1 saturated carbocycles. The van der Waals surface area contributed by atoms with Gasteiger partial charge in [-0.15, -0.1) is 11.8 Å². The molecule has 1 aliphatic rings. The highest BCUT2D eigenvalue weighted by atomic mass is 32.2. The Morgan fingerprint density at radius 2 is 1.89 bits per heavy atom. The predicted octanol–water partition coefficient (Wildman–Crippen LogP) is 4.32. The molecule has 3 heteroatoms. The summed E-state index contributed by atoms with van der Waals surface area (Å²) in [6.45, 7) is 1.53. The van der Waals surface area contributed by atoms with Gasteiger partial charge in [0.15, 0.2) is 0 Å². The van der Waals surface area contributed by atoms with Crippen molar-refractivity contribution in [3.63, 3.8) is 0 Å². The van der Waals surface area contributed by atoms with Crippen LogP contribution in [0.3, 0.4) is 0 Å². The molecule has 18 heavy (non-hydrogen) atoms. The molecule has 0 aliphatic heterocycles. The standard InChI is InChI=1S/C15H21NOS/c1-12(17)16-14-7-9-15(10-8-14)18-11-13-5-3-2-4-6-13/h7-10,13H,2-6,11H2,1H3,(H,16,17). The molecule has 1 aromatic rings. The number of benzene rings is 1. The monoisotopic (exact) mass is 263 g/mol. The molecule has 1 fully saturated rings. The SMILES string of the molecule is CC(=O)Nc1ccc(SCC2CCCCC2)cc1. The zero-order valence-corrected chi connectivity index (χ0v) is 11.8. The molecular formula is C15H21NOS. The number of thioether (sulfide) groups is 1. The molecule has 2 nitrogen and oxygen atoms in total. The van der Waals surface area contributed by atoms with Crippen LogP contribution in [0.25, 0.3) is 0 Å². The van der Waals surface area contributed by atoms with Gasteiger partial charge in [-0.2, -0.15) is 0 Å². The van der Waals surface area contributed by atoms with Crippen molar-refractivity contribution in [3.8, 4) is 0 Å². The zero-order chi connectivity index (χ0) is 12.8. The average molecular weight is 263 g/mol. The van der Waals surface area contributed by atoms with Crippen molar-refractivity contribution in [1.29, 1.82) is 0 Å². The number of nitrogens with one attached hydrogen (secondary N) is 1. The van der Waals surface area contributed by atoms with E-state index in [2.05, 4.69) is 17.4 Å². The molecule has 2 rings (SSSR count). The van der Waals surface area contributed by atoms with Crippen molar-refractivity contribution in [3.05, 3.63) is 24.3 Å². The van der Waals surface area contributed by atoms with Crippen molar-refractivity contribution in [2.24, 2.45) is 5.92 Å². The molecule has 0 bridgehead atoms. The van der Waals surface area contributed by atoms with Gasteiger partial charge < -0.3 is 5.32 Å². The van der Waals surface area contributed by atoms with Crippen molar-refractivity contribution < 1.29 is 4.79 Å². The van der Waals surface area contributed by atoms with Gasteiger partial charge in [0.2, 0.25) is 5.91 Å². The van der Waals surface area contributed by atoms with Crippen LogP contribution in [-0.4, -0.2) is 11.7 Å². The maximum Gasteiger partial charge on any atom is 0.221 e. The van der Waals surface area contributed by atoms with Crippen molar-refractivity contribution in [2.45, 2.75) is 43.9 Å². The summed E-state index contributed by atoms with van der Waals surface area (Å²) in [5.41, 5.74) is 0.879. The van der Waals surface area contributed by atoms with Crippen LogP contribution in [0.5, 0.6) is 0 Å². The summed E-state index contributed by atoms with van der Waals surface area (Å²) in [6.07, 6.45) is 7.04. The quantitative estimate of drug-likeness (QED) is 0.820. The Morgan fingerprint density at radius 1 is 1.22 bits per heavy atom. The molecule has 0 atom stereocenters. The molecule has 1 aliphatic carbocycles. The van der Waals surface area contributed by atoms with Crippen molar-refractivity contribution in [1.82, 2.24) is 0 Å². The van der Waals surface area contributed by atoms with E-state index < -0.39 is 0 Å². The number of carbonyl (C=O) groups excluding carboxylic acids is 1. The number of anilines is 1. The van der Waals surface area contributed by atoms with Gasteiger partial charge >= 0.3 is 0 Å². The summed E-state index contributed by atoms with van der Waals surface area (Å²) in [6, 6.07) is 8.15. The van der Waals surface area contributed by atoms with E-state index in [1.165, 1.54) is 49.7 Å². The molecule has 1 N–H and O–H groups in total. The third kappa shape index (κ3) is 4.37. The maximum atomic E-state index is 10.9. The van der Waals surface area contributed by atoms with Crippen molar-refractivity contribution in [2.75, 3.05) is 11.1 Å². The fraction of sp³-hybridized carbons (Fsp3) is 0.533. The lowest BCUT2D eigenvalue weighted by atomic mass is 9.91. The summed E-state index contributed by atoms with van der Waals surface area (Å²) >= 11 is 1.94. The number of rotatable bonds is 4. The van der Waals surface area contributed by atoms with E-state index >= 15 is 0 Å². The second kappa shape index (κ2) is 6.83. The van der Waals surface area contributed by atoms with Gasteiger partial charge in [0.05, 0.1) is 0 Å². The highest BCUT2D eigenvalue weighted by Crippen LogP contribution is 2.30. The lowest BCUT2D eigenvalue weighted by molar-refractivity contribution is -0.114. The molecule has 0 unspecified atom stereocenters. The molecule has 0 spiro atoms. The highest BCUT2D eigenvalue weighted by Gasteiger charge is 2.13. The molecule has 0 heterocycles. The van der Waals surface area contributed by atoms with Gasteiger partial charge in [0.1, 0.15) is 0 Å². The first-order chi connectivity index (χ1) is 8.74. The largest absolute Gasteiger partial charge is 0.326 e. The number of hydrogen-bond donors (Lipinski definition) is 1. The van der Waals surface area contributed by atoms with E-state index in [0.29, 0.717) is 0 Å².